The zero-order chi connectivity index (χ0) is 21.1. The molecule has 0 radical (unpaired) electrons. The Morgan fingerprint density at radius 3 is 1.73 bits per heavy atom. The van der Waals surface area contributed by atoms with Gasteiger partial charge in [0, 0.05) is 0 Å². The van der Waals surface area contributed by atoms with Gasteiger partial charge in [-0.25, -0.2) is 4.98 Å². The van der Waals surface area contributed by atoms with Crippen LogP contribution in [0.3, 0.4) is 0 Å². The van der Waals surface area contributed by atoms with Crippen molar-refractivity contribution in [2.24, 2.45) is 0 Å². The number of benzene rings is 3. The summed E-state index contributed by atoms with van der Waals surface area (Å²) in [5.41, 5.74) is 2.36. The number of ether oxygens (including phenoxy) is 3. The van der Waals surface area contributed by atoms with Gasteiger partial charge in [0.25, 0.3) is 5.56 Å². The zero-order valence-electron chi connectivity index (χ0n) is 17.0. The van der Waals surface area contributed by atoms with E-state index in [4.69, 9.17) is 14.2 Å². The first-order chi connectivity index (χ1) is 14.6. The SMILES string of the molecule is COc1ccc(C(c2ccc(OC)cc2)n2cnc3ccc(OC)cc3c2=O)cc1. The van der Waals surface area contributed by atoms with Gasteiger partial charge in [0.05, 0.1) is 44.6 Å². The van der Waals surface area contributed by atoms with Crippen molar-refractivity contribution < 1.29 is 14.2 Å². The van der Waals surface area contributed by atoms with Crippen LogP contribution in [-0.2, 0) is 0 Å². The third-order valence-electron chi connectivity index (χ3n) is 5.13. The summed E-state index contributed by atoms with van der Waals surface area (Å²) in [5.74, 6) is 2.12. The molecule has 0 spiro atoms. The standard InChI is InChI=1S/C24H22N2O4/c1-28-18-8-4-16(5-9-18)23(17-6-10-19(29-2)11-7-17)26-15-25-22-13-12-20(30-3)14-21(22)24(26)27/h4-15,23H,1-3H3. The fraction of sp³-hybridized carbons (Fsp3) is 0.167. The molecular weight excluding hydrogens is 380 g/mol. The second kappa shape index (κ2) is 8.29. The molecule has 0 fully saturated rings. The van der Waals surface area contributed by atoms with E-state index in [0.717, 1.165) is 22.6 Å². The summed E-state index contributed by atoms with van der Waals surface area (Å²) in [6.45, 7) is 0. The van der Waals surface area contributed by atoms with Crippen molar-refractivity contribution in [1.82, 2.24) is 9.55 Å². The van der Waals surface area contributed by atoms with E-state index >= 15 is 0 Å². The van der Waals surface area contributed by atoms with Gasteiger partial charge in [-0.05, 0) is 53.6 Å². The fourth-order valence-electron chi connectivity index (χ4n) is 3.51. The van der Waals surface area contributed by atoms with Crippen molar-refractivity contribution >= 4 is 10.9 Å². The molecular formula is C24H22N2O4. The third-order valence-corrected chi connectivity index (χ3v) is 5.13. The largest absolute Gasteiger partial charge is 0.497 e. The maximum Gasteiger partial charge on any atom is 0.262 e. The normalized spacial score (nSPS) is 10.9. The van der Waals surface area contributed by atoms with Gasteiger partial charge in [0.1, 0.15) is 17.2 Å². The smallest absolute Gasteiger partial charge is 0.262 e. The van der Waals surface area contributed by atoms with Gasteiger partial charge in [-0.3, -0.25) is 9.36 Å². The Hall–Kier alpha value is -3.80. The first-order valence-electron chi connectivity index (χ1n) is 9.47. The predicted octanol–water partition coefficient (Wildman–Crippen LogP) is 4.06. The topological polar surface area (TPSA) is 62.6 Å². The Labute approximate surface area is 174 Å². The van der Waals surface area contributed by atoms with E-state index in [1.807, 2.05) is 48.5 Å². The van der Waals surface area contributed by atoms with E-state index in [1.54, 1.807) is 50.4 Å². The van der Waals surface area contributed by atoms with Crippen molar-refractivity contribution in [3.05, 3.63) is 94.5 Å². The van der Waals surface area contributed by atoms with Gasteiger partial charge in [-0.15, -0.1) is 0 Å². The van der Waals surface area contributed by atoms with Crippen LogP contribution in [0.15, 0.2) is 77.9 Å². The minimum atomic E-state index is -0.364. The molecule has 0 aliphatic heterocycles. The van der Waals surface area contributed by atoms with E-state index in [2.05, 4.69) is 4.98 Å². The Balaban J connectivity index is 1.92. The summed E-state index contributed by atoms with van der Waals surface area (Å²) >= 11 is 0. The molecule has 0 saturated heterocycles. The molecule has 0 amide bonds. The van der Waals surface area contributed by atoms with Crippen molar-refractivity contribution in [3.63, 3.8) is 0 Å². The summed E-state index contributed by atoms with van der Waals surface area (Å²) in [7, 11) is 4.83. The molecule has 1 aromatic heterocycles. The molecule has 0 N–H and O–H groups in total. The Kier molecular flexibility index (Phi) is 5.39. The van der Waals surface area contributed by atoms with Gasteiger partial charge < -0.3 is 14.2 Å². The van der Waals surface area contributed by atoms with E-state index in [1.165, 1.54) is 0 Å². The molecule has 0 unspecified atom stereocenters. The number of rotatable bonds is 6. The number of aromatic nitrogens is 2. The van der Waals surface area contributed by atoms with Gasteiger partial charge in [-0.1, -0.05) is 24.3 Å². The van der Waals surface area contributed by atoms with Crippen LogP contribution < -0.4 is 19.8 Å². The third kappa shape index (κ3) is 3.59. The Bertz CT molecular complexity index is 1170. The lowest BCUT2D eigenvalue weighted by Crippen LogP contribution is -2.26. The van der Waals surface area contributed by atoms with Crippen LogP contribution in [-0.4, -0.2) is 30.9 Å². The summed E-state index contributed by atoms with van der Waals surface area (Å²) in [6, 6.07) is 20.3. The van der Waals surface area contributed by atoms with Crippen LogP contribution in [0.1, 0.15) is 17.2 Å². The number of methoxy groups -OCH3 is 3. The highest BCUT2D eigenvalue weighted by molar-refractivity contribution is 5.79. The molecule has 0 bridgehead atoms. The predicted molar refractivity (Wildman–Crippen MR) is 116 cm³/mol. The quantitative estimate of drug-likeness (QED) is 0.487. The van der Waals surface area contributed by atoms with E-state index < -0.39 is 0 Å². The first kappa shape index (κ1) is 19.5. The minimum absolute atomic E-state index is 0.143. The highest BCUT2D eigenvalue weighted by Crippen LogP contribution is 2.29. The average molecular weight is 402 g/mol. The Morgan fingerprint density at radius 2 is 1.23 bits per heavy atom. The molecule has 6 heteroatoms. The number of hydrogen-bond donors (Lipinski definition) is 0. The van der Waals surface area contributed by atoms with Crippen LogP contribution in [0.2, 0.25) is 0 Å². The van der Waals surface area contributed by atoms with E-state index in [9.17, 15) is 4.79 Å². The lowest BCUT2D eigenvalue weighted by molar-refractivity contribution is 0.414. The second-order valence-electron chi connectivity index (χ2n) is 6.79. The molecule has 4 aromatic rings. The van der Waals surface area contributed by atoms with Crippen molar-refractivity contribution in [1.29, 1.82) is 0 Å². The highest BCUT2D eigenvalue weighted by atomic mass is 16.5. The number of nitrogens with zero attached hydrogens (tertiary/aromatic N) is 2. The van der Waals surface area contributed by atoms with Crippen molar-refractivity contribution in [2.45, 2.75) is 6.04 Å². The molecule has 4 rings (SSSR count). The van der Waals surface area contributed by atoms with Crippen molar-refractivity contribution in [2.75, 3.05) is 21.3 Å². The lowest BCUT2D eigenvalue weighted by atomic mass is 9.98. The van der Waals surface area contributed by atoms with Gasteiger partial charge in [-0.2, -0.15) is 0 Å². The molecule has 30 heavy (non-hydrogen) atoms. The van der Waals surface area contributed by atoms with Crippen LogP contribution in [0.5, 0.6) is 17.2 Å². The molecule has 3 aromatic carbocycles. The number of hydrogen-bond acceptors (Lipinski definition) is 5. The molecule has 0 atom stereocenters. The minimum Gasteiger partial charge on any atom is -0.497 e. The lowest BCUT2D eigenvalue weighted by Gasteiger charge is -2.21. The summed E-state index contributed by atoms with van der Waals surface area (Å²) in [6.07, 6.45) is 1.59. The Morgan fingerprint density at radius 1 is 0.733 bits per heavy atom. The zero-order valence-corrected chi connectivity index (χ0v) is 17.0. The van der Waals surface area contributed by atoms with E-state index in [0.29, 0.717) is 16.7 Å². The maximum absolute atomic E-state index is 13.4. The summed E-state index contributed by atoms with van der Waals surface area (Å²) in [4.78, 5) is 18.0. The maximum atomic E-state index is 13.4. The second-order valence-corrected chi connectivity index (χ2v) is 6.79. The molecule has 0 aliphatic carbocycles. The van der Waals surface area contributed by atoms with Crippen molar-refractivity contribution in [3.8, 4) is 17.2 Å². The van der Waals surface area contributed by atoms with E-state index in [-0.39, 0.29) is 11.6 Å². The highest BCUT2D eigenvalue weighted by Gasteiger charge is 2.20. The van der Waals surface area contributed by atoms with Gasteiger partial charge in [0.15, 0.2) is 0 Å². The molecule has 0 aliphatic rings. The average Bonchev–Trinajstić information content (AvgIpc) is 2.81. The molecule has 0 saturated carbocycles. The monoisotopic (exact) mass is 402 g/mol. The van der Waals surface area contributed by atoms with Crippen LogP contribution in [0.4, 0.5) is 0 Å². The van der Waals surface area contributed by atoms with Crippen LogP contribution in [0.25, 0.3) is 10.9 Å². The number of fused-ring (bicyclic) bond motifs is 1. The van der Waals surface area contributed by atoms with Gasteiger partial charge in [0.2, 0.25) is 0 Å². The van der Waals surface area contributed by atoms with Crippen LogP contribution >= 0.6 is 0 Å². The van der Waals surface area contributed by atoms with Crippen LogP contribution in [0, 0.1) is 0 Å². The summed E-state index contributed by atoms with van der Waals surface area (Å²) in [5, 5.41) is 0.504. The fourth-order valence-corrected chi connectivity index (χ4v) is 3.51. The first-order valence-corrected chi connectivity index (χ1v) is 9.47. The molecule has 152 valence electrons. The van der Waals surface area contributed by atoms with Gasteiger partial charge >= 0.3 is 0 Å². The molecule has 1 heterocycles. The summed E-state index contributed by atoms with van der Waals surface area (Å²) < 4.78 is 17.5. The molecule has 6 nitrogen and oxygen atoms in total.